The normalized spacial score (nSPS) is 11.5. The van der Waals surface area contributed by atoms with Crippen molar-refractivity contribution in [3.8, 4) is 0 Å². The van der Waals surface area contributed by atoms with Crippen molar-refractivity contribution >= 4 is 43.0 Å². The van der Waals surface area contributed by atoms with E-state index in [4.69, 9.17) is 0 Å². The van der Waals surface area contributed by atoms with Crippen molar-refractivity contribution in [1.82, 2.24) is 0 Å². The SMILES string of the molecule is Cc1ccc(NS(=O)(=O)c2ccc(NC(=O)CN(c3ccccc3)S(=O)(=O)c3ccccc3)cc2)cc1C. The molecule has 0 aliphatic rings. The van der Waals surface area contributed by atoms with Gasteiger partial charge in [0.2, 0.25) is 5.91 Å². The molecule has 8 nitrogen and oxygen atoms in total. The highest BCUT2D eigenvalue weighted by atomic mass is 32.2. The van der Waals surface area contributed by atoms with Crippen LogP contribution >= 0.6 is 0 Å². The first-order chi connectivity index (χ1) is 18.1. The minimum atomic E-state index is -4.02. The van der Waals surface area contributed by atoms with Gasteiger partial charge in [0.1, 0.15) is 6.54 Å². The van der Waals surface area contributed by atoms with Gasteiger partial charge in [0.25, 0.3) is 20.0 Å². The van der Waals surface area contributed by atoms with Crippen molar-refractivity contribution in [1.29, 1.82) is 0 Å². The fourth-order valence-electron chi connectivity index (χ4n) is 3.70. The molecule has 0 bridgehead atoms. The van der Waals surface area contributed by atoms with Gasteiger partial charge < -0.3 is 5.32 Å². The van der Waals surface area contributed by atoms with E-state index in [1.54, 1.807) is 60.7 Å². The van der Waals surface area contributed by atoms with Crippen molar-refractivity contribution in [2.75, 3.05) is 20.9 Å². The van der Waals surface area contributed by atoms with Crippen LogP contribution in [0.15, 0.2) is 113 Å². The van der Waals surface area contributed by atoms with E-state index < -0.39 is 32.5 Å². The fraction of sp³-hybridized carbons (Fsp3) is 0.107. The van der Waals surface area contributed by atoms with E-state index in [9.17, 15) is 21.6 Å². The first-order valence-corrected chi connectivity index (χ1v) is 14.6. The molecule has 1 amide bonds. The number of carbonyl (C=O) groups is 1. The maximum atomic E-state index is 13.3. The van der Waals surface area contributed by atoms with E-state index >= 15 is 0 Å². The number of carbonyl (C=O) groups excluding carboxylic acids is 1. The second-order valence-electron chi connectivity index (χ2n) is 8.64. The van der Waals surface area contributed by atoms with Gasteiger partial charge in [-0.2, -0.15) is 0 Å². The molecule has 0 saturated heterocycles. The zero-order valence-corrected chi connectivity index (χ0v) is 22.5. The van der Waals surface area contributed by atoms with Gasteiger partial charge in [-0.15, -0.1) is 0 Å². The quantitative estimate of drug-likeness (QED) is 0.307. The molecule has 4 aromatic carbocycles. The lowest BCUT2D eigenvalue weighted by Crippen LogP contribution is -2.38. The van der Waals surface area contributed by atoms with Crippen molar-refractivity contribution in [2.45, 2.75) is 23.6 Å². The van der Waals surface area contributed by atoms with Gasteiger partial charge >= 0.3 is 0 Å². The zero-order valence-electron chi connectivity index (χ0n) is 20.8. The summed E-state index contributed by atoms with van der Waals surface area (Å²) in [6.45, 7) is 3.36. The van der Waals surface area contributed by atoms with E-state index in [-0.39, 0.29) is 9.79 Å². The largest absolute Gasteiger partial charge is 0.325 e. The molecule has 0 spiro atoms. The van der Waals surface area contributed by atoms with E-state index in [0.717, 1.165) is 15.4 Å². The summed E-state index contributed by atoms with van der Waals surface area (Å²) in [5, 5.41) is 2.65. The van der Waals surface area contributed by atoms with Crippen molar-refractivity contribution in [3.63, 3.8) is 0 Å². The molecule has 0 aromatic heterocycles. The third kappa shape index (κ3) is 6.21. The minimum Gasteiger partial charge on any atom is -0.325 e. The van der Waals surface area contributed by atoms with Crippen LogP contribution in [0.4, 0.5) is 17.1 Å². The summed E-state index contributed by atoms with van der Waals surface area (Å²) in [6, 6.07) is 27.1. The average Bonchev–Trinajstić information content (AvgIpc) is 2.90. The van der Waals surface area contributed by atoms with E-state index in [1.807, 2.05) is 19.9 Å². The summed E-state index contributed by atoms with van der Waals surface area (Å²) < 4.78 is 55.9. The number of sulfonamides is 2. The number of amides is 1. The number of nitrogens with one attached hydrogen (secondary N) is 2. The molecule has 0 heterocycles. The molecule has 0 unspecified atom stereocenters. The molecule has 4 rings (SSSR count). The summed E-state index contributed by atoms with van der Waals surface area (Å²) in [6.07, 6.45) is 0. The molecule has 0 aliphatic carbocycles. The number of aryl methyl sites for hydroxylation is 2. The van der Waals surface area contributed by atoms with Crippen LogP contribution in [0.3, 0.4) is 0 Å². The third-order valence-corrected chi connectivity index (χ3v) is 9.06. The van der Waals surface area contributed by atoms with Crippen molar-refractivity contribution in [2.24, 2.45) is 0 Å². The monoisotopic (exact) mass is 549 g/mol. The lowest BCUT2D eigenvalue weighted by Gasteiger charge is -2.24. The predicted molar refractivity (Wildman–Crippen MR) is 149 cm³/mol. The lowest BCUT2D eigenvalue weighted by atomic mass is 10.1. The Hall–Kier alpha value is -4.15. The Morgan fingerprint density at radius 3 is 1.87 bits per heavy atom. The third-order valence-electron chi connectivity index (χ3n) is 5.87. The first-order valence-electron chi connectivity index (χ1n) is 11.7. The van der Waals surface area contributed by atoms with Gasteiger partial charge in [-0.25, -0.2) is 16.8 Å². The summed E-state index contributed by atoms with van der Waals surface area (Å²) in [5.74, 6) is -0.586. The molecule has 2 N–H and O–H groups in total. The van der Waals surface area contributed by atoms with Gasteiger partial charge in [0.05, 0.1) is 15.5 Å². The first kappa shape index (κ1) is 26.9. The molecule has 0 atom stereocenters. The molecule has 0 saturated carbocycles. The Bertz CT molecular complexity index is 1640. The maximum absolute atomic E-state index is 13.3. The lowest BCUT2D eigenvalue weighted by molar-refractivity contribution is -0.114. The summed E-state index contributed by atoms with van der Waals surface area (Å²) in [5.41, 5.74) is 3.12. The molecule has 38 heavy (non-hydrogen) atoms. The molecule has 4 aromatic rings. The van der Waals surface area contributed by atoms with Crippen LogP contribution in [-0.4, -0.2) is 29.3 Å². The van der Waals surface area contributed by atoms with Crippen molar-refractivity contribution < 1.29 is 21.6 Å². The van der Waals surface area contributed by atoms with Gasteiger partial charge in [0.15, 0.2) is 0 Å². The standard InChI is InChI=1S/C28H27N3O5S2/c1-21-13-14-24(19-22(21)2)30-37(33,34)26-17-15-23(16-18-26)29-28(32)20-31(25-9-5-3-6-10-25)38(35,36)27-11-7-4-8-12-27/h3-19,30H,20H2,1-2H3,(H,29,32). The summed E-state index contributed by atoms with van der Waals surface area (Å²) in [7, 11) is -7.86. The molecule has 0 radical (unpaired) electrons. The fourth-order valence-corrected chi connectivity index (χ4v) is 6.19. The number of hydrogen-bond acceptors (Lipinski definition) is 5. The molecule has 196 valence electrons. The number of benzene rings is 4. The van der Waals surface area contributed by atoms with Crippen LogP contribution in [0.5, 0.6) is 0 Å². The molecule has 10 heteroatoms. The van der Waals surface area contributed by atoms with E-state index in [0.29, 0.717) is 17.1 Å². The zero-order chi connectivity index (χ0) is 27.3. The van der Waals surface area contributed by atoms with Gasteiger partial charge in [-0.05, 0) is 85.6 Å². The number of rotatable bonds is 9. The second-order valence-corrected chi connectivity index (χ2v) is 12.2. The molecule has 0 aliphatic heterocycles. The summed E-state index contributed by atoms with van der Waals surface area (Å²) in [4.78, 5) is 13.0. The van der Waals surface area contributed by atoms with E-state index in [2.05, 4.69) is 10.0 Å². The maximum Gasteiger partial charge on any atom is 0.264 e. The van der Waals surface area contributed by atoms with E-state index in [1.165, 1.54) is 36.4 Å². The number of para-hydroxylation sites is 1. The average molecular weight is 550 g/mol. The highest BCUT2D eigenvalue weighted by Gasteiger charge is 2.27. The predicted octanol–water partition coefficient (Wildman–Crippen LogP) is 4.94. The van der Waals surface area contributed by atoms with Crippen LogP contribution in [0, 0.1) is 13.8 Å². The Kier molecular flexibility index (Phi) is 7.84. The highest BCUT2D eigenvalue weighted by molar-refractivity contribution is 7.93. The number of anilines is 3. The number of nitrogens with zero attached hydrogens (tertiary/aromatic N) is 1. The Balaban J connectivity index is 1.50. The highest BCUT2D eigenvalue weighted by Crippen LogP contribution is 2.24. The minimum absolute atomic E-state index is 0.0197. The Morgan fingerprint density at radius 2 is 1.26 bits per heavy atom. The number of hydrogen-bond donors (Lipinski definition) is 2. The topological polar surface area (TPSA) is 113 Å². The van der Waals surface area contributed by atoms with Crippen LogP contribution in [0.2, 0.25) is 0 Å². The van der Waals surface area contributed by atoms with Gasteiger partial charge in [-0.3, -0.25) is 13.8 Å². The van der Waals surface area contributed by atoms with Crippen LogP contribution < -0.4 is 14.3 Å². The molecule has 0 fully saturated rings. The van der Waals surface area contributed by atoms with Crippen molar-refractivity contribution in [3.05, 3.63) is 114 Å². The second kappa shape index (κ2) is 11.1. The Labute approximate surface area is 223 Å². The smallest absolute Gasteiger partial charge is 0.264 e. The molecular weight excluding hydrogens is 522 g/mol. The van der Waals surface area contributed by atoms with Crippen LogP contribution in [0.25, 0.3) is 0 Å². The van der Waals surface area contributed by atoms with Crippen LogP contribution in [0.1, 0.15) is 11.1 Å². The Morgan fingerprint density at radius 1 is 0.684 bits per heavy atom. The van der Waals surface area contributed by atoms with Gasteiger partial charge in [-0.1, -0.05) is 42.5 Å². The molecular formula is C28H27N3O5S2. The van der Waals surface area contributed by atoms with Crippen LogP contribution in [-0.2, 0) is 24.8 Å². The van der Waals surface area contributed by atoms with Gasteiger partial charge in [0, 0.05) is 11.4 Å². The summed E-state index contributed by atoms with van der Waals surface area (Å²) >= 11 is 0.